The van der Waals surface area contributed by atoms with Gasteiger partial charge in [-0.25, -0.2) is 0 Å². The number of hydrogen-bond donors (Lipinski definition) is 1. The van der Waals surface area contributed by atoms with Gasteiger partial charge >= 0.3 is 0 Å². The molecule has 0 aliphatic carbocycles. The van der Waals surface area contributed by atoms with E-state index in [1.807, 2.05) is 0 Å². The van der Waals surface area contributed by atoms with E-state index in [0.717, 1.165) is 5.56 Å². The van der Waals surface area contributed by atoms with Gasteiger partial charge in [-0.1, -0.05) is 23.5 Å². The number of thiazole rings is 1. The number of nitrogens with zero attached hydrogens (tertiary/aromatic N) is 3. The summed E-state index contributed by atoms with van der Waals surface area (Å²) in [6, 6.07) is 10.4. The van der Waals surface area contributed by atoms with Gasteiger partial charge in [-0.15, -0.1) is 5.10 Å². The third-order valence-electron chi connectivity index (χ3n) is 4.66. The van der Waals surface area contributed by atoms with Crippen molar-refractivity contribution in [3.8, 4) is 34.4 Å². The lowest BCUT2D eigenvalue weighted by Crippen LogP contribution is -2.23. The normalized spacial score (nSPS) is 11.5. The fraction of sp³-hybridized carbons (Fsp3) is 0.182. The molecule has 2 N–H and O–H groups in total. The Bertz CT molecular complexity index is 1400. The van der Waals surface area contributed by atoms with Crippen molar-refractivity contribution in [2.75, 3.05) is 27.9 Å². The molecule has 0 spiro atoms. The predicted molar refractivity (Wildman–Crippen MR) is 122 cm³/mol. The summed E-state index contributed by atoms with van der Waals surface area (Å²) in [4.78, 5) is 28.6. The topological polar surface area (TPSA) is 127 Å². The first-order chi connectivity index (χ1) is 15.9. The first kappa shape index (κ1) is 22.1. The van der Waals surface area contributed by atoms with Crippen LogP contribution in [0.15, 0.2) is 41.2 Å². The molecule has 4 rings (SSSR count). The van der Waals surface area contributed by atoms with Crippen molar-refractivity contribution in [1.29, 1.82) is 0 Å². The van der Waals surface area contributed by atoms with Crippen molar-refractivity contribution in [3.05, 3.63) is 56.8 Å². The molecule has 0 unspecified atom stereocenters. The molecule has 0 aliphatic rings. The average Bonchev–Trinajstić information content (AvgIpc) is 3.36. The van der Waals surface area contributed by atoms with E-state index in [4.69, 9.17) is 24.7 Å². The van der Waals surface area contributed by atoms with Crippen LogP contribution in [0.1, 0.15) is 5.56 Å². The second-order valence-corrected chi connectivity index (χ2v) is 7.79. The van der Waals surface area contributed by atoms with Crippen molar-refractivity contribution in [2.24, 2.45) is 5.73 Å². The van der Waals surface area contributed by atoms with Gasteiger partial charge in [-0.3, -0.25) is 9.59 Å². The minimum atomic E-state index is -0.554. The number of carbonyl (C=O) groups is 1. The highest BCUT2D eigenvalue weighted by Crippen LogP contribution is 2.40. The highest BCUT2D eigenvalue weighted by Gasteiger charge is 2.18. The van der Waals surface area contributed by atoms with Crippen molar-refractivity contribution in [3.63, 3.8) is 0 Å². The molecule has 11 heteroatoms. The summed E-state index contributed by atoms with van der Waals surface area (Å²) in [6.45, 7) is -0.199. The summed E-state index contributed by atoms with van der Waals surface area (Å²) in [5.41, 5.74) is 6.19. The molecule has 0 atom stereocenters. The number of carbonyl (C=O) groups excluding carboxylic acids is 1. The fourth-order valence-electron chi connectivity index (χ4n) is 3.13. The number of amides is 1. The zero-order valence-electron chi connectivity index (χ0n) is 18.0. The Balaban J connectivity index is 1.67. The van der Waals surface area contributed by atoms with Gasteiger partial charge in [0.05, 0.1) is 25.9 Å². The van der Waals surface area contributed by atoms with Crippen LogP contribution >= 0.6 is 11.3 Å². The van der Waals surface area contributed by atoms with Crippen molar-refractivity contribution < 1.29 is 23.7 Å². The third-order valence-corrected chi connectivity index (χ3v) is 5.62. The van der Waals surface area contributed by atoms with Crippen LogP contribution in [0.3, 0.4) is 0 Å². The van der Waals surface area contributed by atoms with E-state index in [9.17, 15) is 9.59 Å². The molecule has 2 heterocycles. The molecule has 10 nitrogen and oxygen atoms in total. The number of fused-ring (bicyclic) bond motifs is 1. The number of ether oxygens (including phenoxy) is 4. The average molecular weight is 468 g/mol. The summed E-state index contributed by atoms with van der Waals surface area (Å²) in [5.74, 6) is 1.69. The van der Waals surface area contributed by atoms with Gasteiger partial charge in [-0.05, 0) is 35.9 Å². The Labute approximate surface area is 191 Å². The van der Waals surface area contributed by atoms with E-state index >= 15 is 0 Å². The van der Waals surface area contributed by atoms with E-state index in [1.165, 1.54) is 37.2 Å². The van der Waals surface area contributed by atoms with E-state index in [2.05, 4.69) is 10.1 Å². The molecule has 0 saturated carbocycles. The zero-order chi connectivity index (χ0) is 23.5. The highest BCUT2D eigenvalue weighted by molar-refractivity contribution is 7.15. The highest BCUT2D eigenvalue weighted by atomic mass is 32.1. The number of rotatable bonds is 8. The maximum Gasteiger partial charge on any atom is 0.291 e. The lowest BCUT2D eigenvalue weighted by molar-refractivity contribution is -0.119. The number of primary amides is 1. The molecular formula is C22H20N4O6S. The molecule has 0 bridgehead atoms. The Morgan fingerprint density at radius 2 is 1.76 bits per heavy atom. The minimum Gasteiger partial charge on any atom is -0.493 e. The molecule has 0 fully saturated rings. The molecule has 0 aliphatic heterocycles. The third kappa shape index (κ3) is 4.44. The first-order valence-corrected chi connectivity index (χ1v) is 10.5. The summed E-state index contributed by atoms with van der Waals surface area (Å²) in [5, 5.41) is 4.37. The summed E-state index contributed by atoms with van der Waals surface area (Å²) >= 11 is 1.22. The number of hydrogen-bond acceptors (Lipinski definition) is 9. The van der Waals surface area contributed by atoms with Crippen LogP contribution in [-0.2, 0) is 4.79 Å². The number of methoxy groups -OCH3 is 3. The molecule has 2 aromatic heterocycles. The largest absolute Gasteiger partial charge is 0.493 e. The minimum absolute atomic E-state index is 0.199. The van der Waals surface area contributed by atoms with Gasteiger partial charge < -0.3 is 24.7 Å². The molecule has 0 radical (unpaired) electrons. The van der Waals surface area contributed by atoms with E-state index < -0.39 is 5.91 Å². The van der Waals surface area contributed by atoms with E-state index in [1.54, 1.807) is 42.5 Å². The standard InChI is InChI=1S/C22H20N4O6S/c1-29-15-9-13(10-16(30-2)19(15)31-3)20-24-22-26(25-20)21(28)17(33-22)8-12-4-6-14(7-5-12)32-11-18(23)27/h4-10H,11H2,1-3H3,(H2,23,27). The van der Waals surface area contributed by atoms with Crippen LogP contribution in [0.25, 0.3) is 22.4 Å². The van der Waals surface area contributed by atoms with Crippen LogP contribution in [-0.4, -0.2) is 48.4 Å². The number of aromatic nitrogens is 3. The molecule has 170 valence electrons. The fourth-order valence-corrected chi connectivity index (χ4v) is 4.04. The monoisotopic (exact) mass is 468 g/mol. The van der Waals surface area contributed by atoms with Crippen LogP contribution in [0.5, 0.6) is 23.0 Å². The second-order valence-electron chi connectivity index (χ2n) is 6.78. The second kappa shape index (κ2) is 9.17. The van der Waals surface area contributed by atoms with Crippen LogP contribution in [0.4, 0.5) is 0 Å². The number of benzene rings is 2. The Kier molecular flexibility index (Phi) is 6.13. The van der Waals surface area contributed by atoms with Gasteiger partial charge in [0.25, 0.3) is 11.5 Å². The van der Waals surface area contributed by atoms with Gasteiger partial charge in [0.15, 0.2) is 23.9 Å². The van der Waals surface area contributed by atoms with Crippen molar-refractivity contribution >= 4 is 28.3 Å². The first-order valence-electron chi connectivity index (χ1n) is 9.66. The quantitative estimate of drug-likeness (QED) is 0.409. The van der Waals surface area contributed by atoms with Gasteiger partial charge in [0.2, 0.25) is 10.7 Å². The van der Waals surface area contributed by atoms with E-state index in [-0.39, 0.29) is 12.2 Å². The molecular weight excluding hydrogens is 448 g/mol. The molecule has 33 heavy (non-hydrogen) atoms. The molecule has 2 aromatic carbocycles. The summed E-state index contributed by atoms with van der Waals surface area (Å²) in [7, 11) is 4.57. The molecule has 1 amide bonds. The van der Waals surface area contributed by atoms with Gasteiger partial charge in [0.1, 0.15) is 5.75 Å². The van der Waals surface area contributed by atoms with Crippen molar-refractivity contribution in [1.82, 2.24) is 14.6 Å². The maximum absolute atomic E-state index is 12.9. The van der Waals surface area contributed by atoms with Crippen LogP contribution in [0.2, 0.25) is 0 Å². The molecule has 0 saturated heterocycles. The van der Waals surface area contributed by atoms with Crippen molar-refractivity contribution in [2.45, 2.75) is 0 Å². The number of nitrogens with two attached hydrogens (primary N) is 1. The zero-order valence-corrected chi connectivity index (χ0v) is 18.8. The predicted octanol–water partition coefficient (Wildman–Crippen LogP) is 1.26. The summed E-state index contributed by atoms with van der Waals surface area (Å²) in [6.07, 6.45) is 1.74. The Hall–Kier alpha value is -4.12. The SMILES string of the molecule is COc1cc(-c2nc3sc(=Cc4ccc(OCC(N)=O)cc4)c(=O)n3n2)cc(OC)c1OC. The van der Waals surface area contributed by atoms with Crippen LogP contribution in [0, 0.1) is 0 Å². The van der Waals surface area contributed by atoms with Gasteiger partial charge in [-0.2, -0.15) is 9.50 Å². The Morgan fingerprint density at radius 3 is 2.30 bits per heavy atom. The van der Waals surface area contributed by atoms with Gasteiger partial charge in [0, 0.05) is 5.56 Å². The van der Waals surface area contributed by atoms with Crippen LogP contribution < -0.4 is 34.8 Å². The molecule has 4 aromatic rings. The lowest BCUT2D eigenvalue weighted by Gasteiger charge is -2.12. The summed E-state index contributed by atoms with van der Waals surface area (Å²) < 4.78 is 23.1. The maximum atomic E-state index is 12.9. The Morgan fingerprint density at radius 1 is 1.09 bits per heavy atom. The smallest absolute Gasteiger partial charge is 0.291 e. The van der Waals surface area contributed by atoms with E-state index in [0.29, 0.717) is 43.9 Å². The lowest BCUT2D eigenvalue weighted by atomic mass is 10.1.